The van der Waals surface area contributed by atoms with E-state index in [4.69, 9.17) is 5.73 Å². The van der Waals surface area contributed by atoms with Crippen LogP contribution in [-0.2, 0) is 22.2 Å². The largest absolute Gasteiger partial charge is 0.416 e. The van der Waals surface area contributed by atoms with E-state index < -0.39 is 11.7 Å². The fourth-order valence-electron chi connectivity index (χ4n) is 3.02. The lowest BCUT2D eigenvalue weighted by Crippen LogP contribution is -2.42. The van der Waals surface area contributed by atoms with Crippen molar-refractivity contribution in [3.05, 3.63) is 40.9 Å². The van der Waals surface area contributed by atoms with E-state index in [1.54, 1.807) is 10.3 Å². The first-order valence-corrected chi connectivity index (χ1v) is 9.56. The summed E-state index contributed by atoms with van der Waals surface area (Å²) in [5.74, 6) is -0.623. The SMILES string of the molecule is NC(=O)C1CCN(C(=O)Cc2csc(Nc3cccc(C(F)(F)F)c3)n2)CC1. The standard InChI is InChI=1S/C18H19F3N4O2S/c19-18(20,21)12-2-1-3-13(8-12)23-17-24-14(10-28-17)9-15(26)25-6-4-11(5-7-25)16(22)27/h1-3,8,10-11H,4-7,9H2,(H2,22,27)(H,23,24). The number of anilines is 2. The number of primary amides is 1. The summed E-state index contributed by atoms with van der Waals surface area (Å²) in [6.07, 6.45) is -3.21. The second kappa shape index (κ2) is 8.17. The van der Waals surface area contributed by atoms with E-state index >= 15 is 0 Å². The van der Waals surface area contributed by atoms with Gasteiger partial charge in [-0.3, -0.25) is 9.59 Å². The Bertz CT molecular complexity index is 861. The molecule has 1 saturated heterocycles. The summed E-state index contributed by atoms with van der Waals surface area (Å²) in [6, 6.07) is 4.84. The molecule has 1 aliphatic heterocycles. The van der Waals surface area contributed by atoms with Gasteiger partial charge in [-0.2, -0.15) is 13.2 Å². The number of nitrogens with two attached hydrogens (primary N) is 1. The maximum Gasteiger partial charge on any atom is 0.416 e. The second-order valence-electron chi connectivity index (χ2n) is 6.58. The first kappa shape index (κ1) is 20.1. The molecular formula is C18H19F3N4O2S. The van der Waals surface area contributed by atoms with Crippen LogP contribution in [0.5, 0.6) is 0 Å². The van der Waals surface area contributed by atoms with Crippen molar-refractivity contribution < 1.29 is 22.8 Å². The Labute approximate surface area is 163 Å². The Hall–Kier alpha value is -2.62. The van der Waals surface area contributed by atoms with E-state index in [0.717, 1.165) is 12.1 Å². The third-order valence-electron chi connectivity index (χ3n) is 4.58. The summed E-state index contributed by atoms with van der Waals surface area (Å²) in [5, 5.41) is 4.95. The zero-order valence-electron chi connectivity index (χ0n) is 14.8. The average molecular weight is 412 g/mol. The van der Waals surface area contributed by atoms with Crippen molar-refractivity contribution >= 4 is 34.0 Å². The number of nitrogens with zero attached hydrogens (tertiary/aromatic N) is 2. The van der Waals surface area contributed by atoms with Gasteiger partial charge in [-0.15, -0.1) is 11.3 Å². The number of thiazole rings is 1. The van der Waals surface area contributed by atoms with Gasteiger partial charge in [0.15, 0.2) is 5.13 Å². The number of hydrogen-bond donors (Lipinski definition) is 2. The van der Waals surface area contributed by atoms with Gasteiger partial charge in [0.1, 0.15) is 0 Å². The van der Waals surface area contributed by atoms with Crippen LogP contribution in [0.15, 0.2) is 29.6 Å². The molecule has 1 aromatic heterocycles. The summed E-state index contributed by atoms with van der Waals surface area (Å²) in [7, 11) is 0. The van der Waals surface area contributed by atoms with Crippen molar-refractivity contribution in [1.29, 1.82) is 0 Å². The lowest BCUT2D eigenvalue weighted by Gasteiger charge is -2.30. The Morgan fingerprint density at radius 1 is 1.29 bits per heavy atom. The van der Waals surface area contributed by atoms with Crippen LogP contribution in [-0.4, -0.2) is 34.8 Å². The summed E-state index contributed by atoms with van der Waals surface area (Å²) < 4.78 is 38.4. The highest BCUT2D eigenvalue weighted by Crippen LogP contribution is 2.32. The van der Waals surface area contributed by atoms with Crippen molar-refractivity contribution in [3.8, 4) is 0 Å². The van der Waals surface area contributed by atoms with E-state index in [1.165, 1.54) is 23.5 Å². The number of rotatable bonds is 5. The van der Waals surface area contributed by atoms with Gasteiger partial charge in [-0.25, -0.2) is 4.98 Å². The highest BCUT2D eigenvalue weighted by molar-refractivity contribution is 7.13. The first-order chi connectivity index (χ1) is 13.2. The molecule has 28 heavy (non-hydrogen) atoms. The van der Waals surface area contributed by atoms with Crippen LogP contribution in [0.25, 0.3) is 0 Å². The average Bonchev–Trinajstić information content (AvgIpc) is 3.08. The normalized spacial score (nSPS) is 15.5. The van der Waals surface area contributed by atoms with E-state index in [9.17, 15) is 22.8 Å². The molecule has 0 bridgehead atoms. The summed E-state index contributed by atoms with van der Waals surface area (Å²) in [6.45, 7) is 0.956. The number of aromatic nitrogens is 1. The van der Waals surface area contributed by atoms with Gasteiger partial charge in [0, 0.05) is 30.1 Å². The van der Waals surface area contributed by atoms with Crippen molar-refractivity contribution in [1.82, 2.24) is 9.88 Å². The lowest BCUT2D eigenvalue weighted by atomic mass is 9.96. The number of carbonyl (C=O) groups excluding carboxylic acids is 2. The molecule has 1 aromatic carbocycles. The monoisotopic (exact) mass is 412 g/mol. The highest BCUT2D eigenvalue weighted by Gasteiger charge is 2.30. The number of benzene rings is 1. The van der Waals surface area contributed by atoms with E-state index in [1.807, 2.05) is 0 Å². The zero-order chi connectivity index (χ0) is 20.3. The number of nitrogens with one attached hydrogen (secondary N) is 1. The molecule has 2 heterocycles. The predicted molar refractivity (Wildman–Crippen MR) is 99.0 cm³/mol. The quantitative estimate of drug-likeness (QED) is 0.790. The third kappa shape index (κ3) is 5.00. The van der Waals surface area contributed by atoms with E-state index in [0.29, 0.717) is 36.8 Å². The molecule has 0 radical (unpaired) electrons. The topological polar surface area (TPSA) is 88.3 Å². The molecule has 3 rings (SSSR count). The van der Waals surface area contributed by atoms with Gasteiger partial charge in [0.05, 0.1) is 17.7 Å². The Kier molecular flexibility index (Phi) is 5.87. The molecule has 1 aliphatic rings. The maximum atomic E-state index is 12.8. The second-order valence-corrected chi connectivity index (χ2v) is 7.44. The number of carbonyl (C=O) groups is 2. The van der Waals surface area contributed by atoms with Crippen molar-refractivity contribution in [2.45, 2.75) is 25.4 Å². The Balaban J connectivity index is 1.57. The summed E-state index contributed by atoms with van der Waals surface area (Å²) in [5.41, 5.74) is 5.36. The van der Waals surface area contributed by atoms with Gasteiger partial charge in [-0.1, -0.05) is 6.07 Å². The first-order valence-electron chi connectivity index (χ1n) is 8.68. The molecule has 0 unspecified atom stereocenters. The fraction of sp³-hybridized carbons (Fsp3) is 0.389. The molecule has 0 atom stereocenters. The van der Waals surface area contributed by atoms with Gasteiger partial charge in [-0.05, 0) is 31.0 Å². The van der Waals surface area contributed by atoms with Crippen LogP contribution in [0.1, 0.15) is 24.1 Å². The number of piperidine rings is 1. The van der Waals surface area contributed by atoms with Crippen LogP contribution in [0.2, 0.25) is 0 Å². The van der Waals surface area contributed by atoms with Gasteiger partial charge >= 0.3 is 6.18 Å². The van der Waals surface area contributed by atoms with Crippen molar-refractivity contribution in [2.24, 2.45) is 11.7 Å². The molecule has 0 spiro atoms. The fourth-order valence-corrected chi connectivity index (χ4v) is 3.75. The van der Waals surface area contributed by atoms with Crippen molar-refractivity contribution in [3.63, 3.8) is 0 Å². The molecule has 2 aromatic rings. The molecular weight excluding hydrogens is 393 g/mol. The molecule has 3 N–H and O–H groups in total. The molecule has 6 nitrogen and oxygen atoms in total. The van der Waals surface area contributed by atoms with E-state index in [-0.39, 0.29) is 29.8 Å². The molecule has 10 heteroatoms. The highest BCUT2D eigenvalue weighted by atomic mass is 32.1. The minimum Gasteiger partial charge on any atom is -0.369 e. The van der Waals surface area contributed by atoms with Gasteiger partial charge in [0.25, 0.3) is 0 Å². The molecule has 1 fully saturated rings. The number of halogens is 3. The molecule has 150 valence electrons. The third-order valence-corrected chi connectivity index (χ3v) is 5.38. The van der Waals surface area contributed by atoms with Crippen LogP contribution >= 0.6 is 11.3 Å². The minimum absolute atomic E-state index is 0.0983. The predicted octanol–water partition coefficient (Wildman–Crippen LogP) is 3.17. The minimum atomic E-state index is -4.42. The van der Waals surface area contributed by atoms with E-state index in [2.05, 4.69) is 10.3 Å². The molecule has 0 saturated carbocycles. The number of hydrogen-bond acceptors (Lipinski definition) is 5. The lowest BCUT2D eigenvalue weighted by molar-refractivity contribution is -0.137. The summed E-state index contributed by atoms with van der Waals surface area (Å²) in [4.78, 5) is 29.5. The van der Waals surface area contributed by atoms with Crippen LogP contribution < -0.4 is 11.1 Å². The van der Waals surface area contributed by atoms with Crippen molar-refractivity contribution in [2.75, 3.05) is 18.4 Å². The number of likely N-dealkylation sites (tertiary alicyclic amines) is 1. The van der Waals surface area contributed by atoms with Crippen LogP contribution in [0, 0.1) is 5.92 Å². The smallest absolute Gasteiger partial charge is 0.369 e. The number of alkyl halides is 3. The van der Waals surface area contributed by atoms with Gasteiger partial charge < -0.3 is 16.0 Å². The summed E-state index contributed by atoms with van der Waals surface area (Å²) >= 11 is 1.22. The zero-order valence-corrected chi connectivity index (χ0v) is 15.6. The Morgan fingerprint density at radius 3 is 2.64 bits per heavy atom. The van der Waals surface area contributed by atoms with Gasteiger partial charge in [0.2, 0.25) is 11.8 Å². The number of amides is 2. The van der Waals surface area contributed by atoms with Crippen LogP contribution in [0.3, 0.4) is 0 Å². The Morgan fingerprint density at radius 2 is 2.00 bits per heavy atom. The molecule has 0 aliphatic carbocycles. The van der Waals surface area contributed by atoms with Crippen LogP contribution in [0.4, 0.5) is 24.0 Å². The maximum absolute atomic E-state index is 12.8. The molecule has 2 amide bonds.